The van der Waals surface area contributed by atoms with Crippen LogP contribution in [0.1, 0.15) is 123 Å². The third-order valence-electron chi connectivity index (χ3n) is 23.7. The van der Waals surface area contributed by atoms with Gasteiger partial charge in [0, 0.05) is 111 Å². The molecule has 16 heterocycles. The van der Waals surface area contributed by atoms with E-state index in [9.17, 15) is 77.1 Å². The Morgan fingerprint density at radius 3 is 1.03 bits per heavy atom. The molecule has 0 aliphatic carbocycles. The Bertz CT molecular complexity index is 7360. The predicted octanol–water partition coefficient (Wildman–Crippen LogP) is -3.37. The molecule has 7 saturated heterocycles. The number of fused-ring (bicyclic) bond motifs is 2. The maximum atomic E-state index is 15.0. The van der Waals surface area contributed by atoms with Gasteiger partial charge in [-0.25, -0.2) is 43.9 Å². The van der Waals surface area contributed by atoms with E-state index in [1.165, 1.54) is 68.1 Å². The highest BCUT2D eigenvalue weighted by Crippen LogP contribution is 2.57. The Morgan fingerprint density at radius 2 is 0.667 bits per heavy atom. The summed E-state index contributed by atoms with van der Waals surface area (Å²) in [6.07, 6.45) is -21.7. The van der Waals surface area contributed by atoms with Crippen molar-refractivity contribution >= 4 is 176 Å². The number of hydrogen-bond donors (Lipinski definition) is 8. The monoisotopic (exact) mass is 2280 g/mol. The van der Waals surface area contributed by atoms with Crippen molar-refractivity contribution in [3.05, 3.63) is 172 Å². The van der Waals surface area contributed by atoms with Gasteiger partial charge in [-0.05, 0) is 41.5 Å². The van der Waals surface area contributed by atoms with E-state index in [1.807, 2.05) is 0 Å². The molecule has 14 unspecified atom stereocenters. The quantitative estimate of drug-likeness (QED) is 0.0137. The van der Waals surface area contributed by atoms with Gasteiger partial charge in [-0.15, -0.1) is 0 Å². The number of hydrogen-bond acceptors (Lipinski definition) is 55. The van der Waals surface area contributed by atoms with Crippen molar-refractivity contribution in [3.63, 3.8) is 0 Å². The van der Waals surface area contributed by atoms with Crippen molar-refractivity contribution < 1.29 is 130 Å². The Labute approximate surface area is 844 Å². The van der Waals surface area contributed by atoms with Gasteiger partial charge in [-0.2, -0.15) is 15.0 Å². The maximum Gasteiger partial charge on any atom is 0.351 e. The zero-order chi connectivity index (χ0) is 104. The largest absolute Gasteiger partial charge is 0.780 e. The summed E-state index contributed by atoms with van der Waals surface area (Å²) in [6, 6.07) is 0. The van der Waals surface area contributed by atoms with Crippen molar-refractivity contribution in [1.82, 2.24) is 86.8 Å². The summed E-state index contributed by atoms with van der Waals surface area (Å²) in [7, 11) is 1.03. The van der Waals surface area contributed by atoms with E-state index in [2.05, 4.69) is 54.8 Å². The first-order valence-corrected chi connectivity index (χ1v) is 60.8. The summed E-state index contributed by atoms with van der Waals surface area (Å²) < 4.78 is 147. The highest BCUT2D eigenvalue weighted by atomic mass is 32.7. The molecule has 12 N–H and O–H groups in total. The fraction of sp³-hybridized carbons (Fsp3) is 0.577. The van der Waals surface area contributed by atoms with Crippen LogP contribution in [0.5, 0.6) is 0 Å². The molecule has 7 aliphatic rings. The van der Waals surface area contributed by atoms with Crippen LogP contribution in [0.2, 0.25) is 0 Å². The van der Waals surface area contributed by atoms with Crippen LogP contribution in [0.25, 0.3) is 22.3 Å². The second-order valence-corrected chi connectivity index (χ2v) is 52.7. The Balaban J connectivity index is 0.605. The van der Waals surface area contributed by atoms with Gasteiger partial charge in [-0.3, -0.25) is 75.6 Å². The third kappa shape index (κ3) is 25.8. The lowest BCUT2D eigenvalue weighted by molar-refractivity contribution is -0.221. The molecule has 28 atom stereocenters. The SMILES string of the molecule is COP([O-])(=S)OC1C[C@H](n2cnc3c(=O)[nH]c(N)nc32)O[C@@H]1COP([O-])(=S)OC1C[C@H](n2cc(C)c(=O)[nH]c2=O)O[C@@H]1COP([O-])(=S)OC1C[C@H](n2cnc3c(N)ncnc32)O[C@@H]1COP([O-])(=S)OC1C[C@H](n2cc(C)c(N)nc2=O)O[C@@H]1COP([O-])(=S)OC1C[C@H](n2cc(C)c(=O)[nH]c2=O)O[C@@H]1COP(=O)([S-])OC1C[C@H](n2cc(C)c(N)nc2=O)O[C@@H]1COP([O-])(=S)OC1C[C@H](n2cc(C)c(=O)[nH]c2=O)O[C@@H]1C. The molecule has 16 rings (SSSR count). The fourth-order valence-corrected chi connectivity index (χ4v) is 26.2. The number of imidazole rings is 2. The van der Waals surface area contributed by atoms with Gasteiger partial charge in [-0.1, -0.05) is 70.8 Å². The Morgan fingerprint density at radius 1 is 0.368 bits per heavy atom. The van der Waals surface area contributed by atoms with Crippen molar-refractivity contribution in [2.75, 3.05) is 69.7 Å². The molecule has 9 aromatic heterocycles. The second kappa shape index (κ2) is 43.9. The molecule has 59 nitrogen and oxygen atoms in total. The summed E-state index contributed by atoms with van der Waals surface area (Å²) in [5.74, 6) is -0.609. The number of aryl methyl sites for hydroxylation is 5. The van der Waals surface area contributed by atoms with Gasteiger partial charge in [0.1, 0.15) is 144 Å². The zero-order valence-electron chi connectivity index (χ0n) is 75.6. The molecule has 0 amide bonds. The van der Waals surface area contributed by atoms with Crippen LogP contribution in [0, 0.1) is 34.6 Å². The molecule has 7 fully saturated rings. The molecular weight excluding hydrogens is 2190 g/mol. The molecule has 0 radical (unpaired) electrons. The minimum Gasteiger partial charge on any atom is -0.780 e. The predicted molar refractivity (Wildman–Crippen MR) is 509 cm³/mol. The molecule has 73 heteroatoms. The first-order valence-electron chi connectivity index (χ1n) is 42.9. The van der Waals surface area contributed by atoms with E-state index in [0.717, 1.165) is 48.7 Å². The van der Waals surface area contributed by atoms with E-state index in [0.29, 0.717) is 5.56 Å². The molecule has 0 bridgehead atoms. The normalized spacial score (nSPS) is 29.7. The van der Waals surface area contributed by atoms with E-state index in [-0.39, 0.29) is 93.7 Å². The Hall–Kier alpha value is -6.70. The van der Waals surface area contributed by atoms with Gasteiger partial charge < -0.3 is 161 Å². The summed E-state index contributed by atoms with van der Waals surface area (Å²) in [5.41, 5.74) is 17.3. The highest BCUT2D eigenvalue weighted by Gasteiger charge is 2.49. The minimum absolute atomic E-state index is 0.00948. The van der Waals surface area contributed by atoms with Gasteiger partial charge in [0.2, 0.25) is 5.95 Å². The molecule has 9 aromatic rings. The highest BCUT2D eigenvalue weighted by molar-refractivity contribution is 8.32. The minimum atomic E-state index is -5.05. The number of H-pyrrole nitrogens is 4. The number of nitrogens with two attached hydrogens (primary N) is 4. The molecular formula is C71H88N22O37P7S7-7. The van der Waals surface area contributed by atoms with Crippen LogP contribution >= 0.6 is 47.1 Å². The number of rotatable bonds is 40. The number of ether oxygens (including phenoxy) is 7. The number of nitrogens with one attached hydrogen (secondary N) is 4. The van der Waals surface area contributed by atoms with E-state index in [4.69, 9.17) is 203 Å². The molecule has 7 aliphatic heterocycles. The fourth-order valence-electron chi connectivity index (χ4n) is 16.5. The molecule has 0 aromatic carbocycles. The number of nitrogens with zero attached hydrogens (tertiary/aromatic N) is 14. The molecule has 144 heavy (non-hydrogen) atoms. The first-order chi connectivity index (χ1) is 67.6. The van der Waals surface area contributed by atoms with Gasteiger partial charge >= 0.3 is 28.4 Å². The lowest BCUT2D eigenvalue weighted by atomic mass is 10.2. The topological polar surface area (TPSA) is 795 Å². The second-order valence-electron chi connectivity index (χ2n) is 33.6. The van der Waals surface area contributed by atoms with E-state index < -0.39 is 286 Å². The summed E-state index contributed by atoms with van der Waals surface area (Å²) >= 11 is 37.9. The van der Waals surface area contributed by atoms with Crippen molar-refractivity contribution in [1.29, 1.82) is 0 Å². The van der Waals surface area contributed by atoms with E-state index in [1.54, 1.807) is 13.8 Å². The third-order valence-corrected chi connectivity index (χ3v) is 34.8. The van der Waals surface area contributed by atoms with Crippen LogP contribution < -0.4 is 103 Å². The molecule has 0 spiro atoms. The smallest absolute Gasteiger partial charge is 0.351 e. The average Bonchev–Trinajstić information content (AvgIpc) is 1.63. The van der Waals surface area contributed by atoms with Crippen LogP contribution in [0.15, 0.2) is 93.1 Å². The summed E-state index contributed by atoms with van der Waals surface area (Å²) in [5, 5.41) is 0. The van der Waals surface area contributed by atoms with Crippen LogP contribution in [0.3, 0.4) is 0 Å². The van der Waals surface area contributed by atoms with Gasteiger partial charge in [0.05, 0.1) is 101 Å². The van der Waals surface area contributed by atoms with E-state index >= 15 is 0 Å². The van der Waals surface area contributed by atoms with Crippen molar-refractivity contribution in [3.8, 4) is 0 Å². The lowest BCUT2D eigenvalue weighted by Crippen LogP contribution is -2.34. The standard InChI is InChI=1S/C71H95N22O37P7S7/c1-29-15-87(67(98)80-57(29)72)49-9-37(43(118-49)21-111-132(104,139)124-35-8-48(117-34(35)6)89-17-31(3)62(94)84-69(89)100)126-134(106,141)114-23-45-40(12-52(120-45)91-19-33(5)64(96)86-71(91)102)129-135(107,142)113-22-44-38(10-50(119-44)88-16-30(2)58(73)81-68(88)99)127-136(108,143)116-25-47-41(14-53(122-47)92-27-78-55-59(74)76-26-77-60(55)92)130-137(109,144)115-24-46-39(11-51(121-46)90-18-32(4)63(95)85-70(90)101)128-133(105,140)112-20-42-36(125-131(103,138)110-7)13-54(123-42)93-28-79-56-61(93)82-66(75)83-65(56)97/h15-19,26-28,34-54H,8-14,20-25H2,1-7H3,(H,103,138)(H,104,139)(H,105,140)(H,106,141)(H,107,142)(H,108,143)(H,109,144)(H2,72,80,98)(H2,73,81,99)(H2,74,76,77)(H,84,94,100)(H,85,95,101)(H,86,96,102)(H3,75,82,83,97)/p-7/t34-,35?,36?,37?,38?,39?,40?,41?,42-,43-,44-,45-,46-,47-,48-,49-,50-,51-,52-,53-,54-,131?,132?,133?,134?,135?,136?,137?/m1/s1. The van der Waals surface area contributed by atoms with Crippen LogP contribution in [-0.2, 0) is 184 Å². The van der Waals surface area contributed by atoms with Gasteiger partial charge in [0.25, 0.3) is 22.2 Å². The number of aromatic amines is 4. The van der Waals surface area contributed by atoms with Crippen molar-refractivity contribution in [2.24, 2.45) is 0 Å². The molecule has 788 valence electrons. The van der Waals surface area contributed by atoms with Crippen molar-refractivity contribution in [2.45, 2.75) is 216 Å². The lowest BCUT2D eigenvalue weighted by Gasteiger charge is -2.36. The number of aromatic nitrogens is 18. The summed E-state index contributed by atoms with van der Waals surface area (Å²) in [6.45, 7) is -30.1. The average molecular weight is 2280 g/mol. The van der Waals surface area contributed by atoms with Crippen LogP contribution in [-0.4, -0.2) is 219 Å². The molecule has 0 saturated carbocycles. The first kappa shape index (κ1) is 110. The van der Waals surface area contributed by atoms with Gasteiger partial charge in [0.15, 0.2) is 29.4 Å². The Kier molecular flexibility index (Phi) is 33.6. The van der Waals surface area contributed by atoms with Crippen LogP contribution in [0.4, 0.5) is 23.4 Å². The number of anilines is 4. The zero-order valence-corrected chi connectivity index (χ0v) is 87.6. The summed E-state index contributed by atoms with van der Waals surface area (Å²) in [4.78, 5) is 241. The maximum absolute atomic E-state index is 15.0. The number of nitrogen functional groups attached to an aromatic ring is 4.